The van der Waals surface area contributed by atoms with E-state index in [9.17, 15) is 0 Å². The number of anilines is 1. The summed E-state index contributed by atoms with van der Waals surface area (Å²) in [5, 5.41) is 3.22. The molecule has 1 aromatic rings. The predicted octanol–water partition coefficient (Wildman–Crippen LogP) is 2.31. The number of aromatic nitrogens is 2. The van der Waals surface area contributed by atoms with Gasteiger partial charge in [0, 0.05) is 25.4 Å². The molecule has 2 rings (SSSR count). The second-order valence-electron chi connectivity index (χ2n) is 4.28. The summed E-state index contributed by atoms with van der Waals surface area (Å²) < 4.78 is 5.50. The van der Waals surface area contributed by atoms with Crippen LogP contribution < -0.4 is 5.32 Å². The van der Waals surface area contributed by atoms with Crippen LogP contribution in [-0.2, 0) is 4.74 Å². The van der Waals surface area contributed by atoms with Crippen LogP contribution in [0.25, 0.3) is 0 Å². The van der Waals surface area contributed by atoms with Crippen LogP contribution >= 0.6 is 0 Å². The SMILES string of the molecule is CCNc1cc(C)nc(C(OC)C2CC2)n1. The molecular weight excluding hydrogens is 202 g/mol. The molecule has 1 saturated carbocycles. The molecule has 0 aromatic carbocycles. The van der Waals surface area contributed by atoms with Gasteiger partial charge in [-0.15, -0.1) is 0 Å². The summed E-state index contributed by atoms with van der Waals surface area (Å²) in [5.74, 6) is 2.33. The lowest BCUT2D eigenvalue weighted by atomic mass is 10.2. The van der Waals surface area contributed by atoms with E-state index in [0.29, 0.717) is 5.92 Å². The first-order chi connectivity index (χ1) is 7.74. The molecule has 1 N–H and O–H groups in total. The highest BCUT2D eigenvalue weighted by molar-refractivity contribution is 5.36. The lowest BCUT2D eigenvalue weighted by Crippen LogP contribution is -2.12. The fourth-order valence-electron chi connectivity index (χ4n) is 1.90. The van der Waals surface area contributed by atoms with Gasteiger partial charge in [0.1, 0.15) is 11.9 Å². The molecule has 1 aliphatic rings. The van der Waals surface area contributed by atoms with Crippen molar-refractivity contribution in [3.05, 3.63) is 17.6 Å². The van der Waals surface area contributed by atoms with E-state index in [4.69, 9.17) is 4.74 Å². The molecule has 0 bridgehead atoms. The minimum absolute atomic E-state index is 0.0670. The Morgan fingerprint density at radius 3 is 2.81 bits per heavy atom. The number of aryl methyl sites for hydroxylation is 1. The van der Waals surface area contributed by atoms with Crippen LogP contribution in [0.15, 0.2) is 6.07 Å². The maximum atomic E-state index is 5.50. The fourth-order valence-corrected chi connectivity index (χ4v) is 1.90. The Labute approximate surface area is 96.4 Å². The van der Waals surface area contributed by atoms with E-state index < -0.39 is 0 Å². The highest BCUT2D eigenvalue weighted by Crippen LogP contribution is 2.41. The molecule has 88 valence electrons. The Kier molecular flexibility index (Phi) is 3.39. The number of hydrogen-bond acceptors (Lipinski definition) is 4. The van der Waals surface area contributed by atoms with Gasteiger partial charge in [-0.3, -0.25) is 0 Å². The van der Waals surface area contributed by atoms with Crippen molar-refractivity contribution in [2.45, 2.75) is 32.8 Å². The van der Waals surface area contributed by atoms with Crippen LogP contribution in [0.2, 0.25) is 0 Å². The van der Waals surface area contributed by atoms with Crippen LogP contribution in [0, 0.1) is 12.8 Å². The van der Waals surface area contributed by atoms with Gasteiger partial charge in [-0.2, -0.15) is 0 Å². The fraction of sp³-hybridized carbons (Fsp3) is 0.667. The quantitative estimate of drug-likeness (QED) is 0.829. The van der Waals surface area contributed by atoms with E-state index in [1.807, 2.05) is 13.0 Å². The van der Waals surface area contributed by atoms with Crippen molar-refractivity contribution in [1.29, 1.82) is 0 Å². The Morgan fingerprint density at radius 2 is 2.25 bits per heavy atom. The van der Waals surface area contributed by atoms with Crippen molar-refractivity contribution < 1.29 is 4.74 Å². The van der Waals surface area contributed by atoms with Gasteiger partial charge in [0.15, 0.2) is 5.82 Å². The van der Waals surface area contributed by atoms with Crippen LogP contribution in [0.1, 0.15) is 37.4 Å². The average molecular weight is 221 g/mol. The van der Waals surface area contributed by atoms with E-state index >= 15 is 0 Å². The third-order valence-corrected chi connectivity index (χ3v) is 2.79. The molecule has 0 spiro atoms. The number of nitrogens with zero attached hydrogens (tertiary/aromatic N) is 2. The Bertz CT molecular complexity index is 363. The lowest BCUT2D eigenvalue weighted by Gasteiger charge is -2.14. The molecule has 1 unspecified atom stereocenters. The van der Waals surface area contributed by atoms with Gasteiger partial charge in [-0.05, 0) is 32.6 Å². The van der Waals surface area contributed by atoms with E-state index in [1.54, 1.807) is 7.11 Å². The molecule has 1 aromatic heterocycles. The molecule has 1 atom stereocenters. The maximum absolute atomic E-state index is 5.50. The van der Waals surface area contributed by atoms with Crippen molar-refractivity contribution in [1.82, 2.24) is 9.97 Å². The maximum Gasteiger partial charge on any atom is 0.159 e. The molecule has 1 heterocycles. The molecule has 1 fully saturated rings. The normalized spacial score (nSPS) is 17.2. The highest BCUT2D eigenvalue weighted by Gasteiger charge is 2.34. The summed E-state index contributed by atoms with van der Waals surface area (Å²) in [6.45, 7) is 4.93. The van der Waals surface area contributed by atoms with Gasteiger partial charge < -0.3 is 10.1 Å². The first-order valence-electron chi connectivity index (χ1n) is 5.86. The smallest absolute Gasteiger partial charge is 0.159 e. The van der Waals surface area contributed by atoms with Gasteiger partial charge in [0.05, 0.1) is 0 Å². The van der Waals surface area contributed by atoms with Crippen molar-refractivity contribution >= 4 is 5.82 Å². The Balaban J connectivity index is 2.24. The van der Waals surface area contributed by atoms with E-state index in [2.05, 4.69) is 22.2 Å². The third kappa shape index (κ3) is 2.50. The molecule has 1 aliphatic carbocycles. The van der Waals surface area contributed by atoms with Crippen molar-refractivity contribution in [2.24, 2.45) is 5.92 Å². The summed E-state index contributed by atoms with van der Waals surface area (Å²) in [4.78, 5) is 8.98. The van der Waals surface area contributed by atoms with E-state index in [1.165, 1.54) is 12.8 Å². The van der Waals surface area contributed by atoms with Crippen LogP contribution in [0.5, 0.6) is 0 Å². The summed E-state index contributed by atoms with van der Waals surface area (Å²) >= 11 is 0. The number of methoxy groups -OCH3 is 1. The third-order valence-electron chi connectivity index (χ3n) is 2.79. The van der Waals surface area contributed by atoms with Gasteiger partial charge in [-0.25, -0.2) is 9.97 Å². The minimum Gasteiger partial charge on any atom is -0.373 e. The topological polar surface area (TPSA) is 47.0 Å². The molecule has 0 saturated heterocycles. The molecule has 0 amide bonds. The summed E-state index contributed by atoms with van der Waals surface area (Å²) in [7, 11) is 1.74. The Morgan fingerprint density at radius 1 is 1.50 bits per heavy atom. The standard InChI is InChI=1S/C12H19N3O/c1-4-13-10-7-8(2)14-12(15-10)11(16-3)9-5-6-9/h7,9,11H,4-6H2,1-3H3,(H,13,14,15). The summed E-state index contributed by atoms with van der Waals surface area (Å²) in [6, 6.07) is 1.96. The van der Waals surface area contributed by atoms with Crippen molar-refractivity contribution in [2.75, 3.05) is 19.0 Å². The molecular formula is C12H19N3O. The number of hydrogen-bond donors (Lipinski definition) is 1. The summed E-state index contributed by atoms with van der Waals surface area (Å²) in [5.41, 5.74) is 0.989. The molecule has 4 heteroatoms. The zero-order valence-electron chi connectivity index (χ0n) is 10.2. The molecule has 16 heavy (non-hydrogen) atoms. The van der Waals surface area contributed by atoms with Gasteiger partial charge in [0.2, 0.25) is 0 Å². The van der Waals surface area contributed by atoms with E-state index in [-0.39, 0.29) is 6.10 Å². The van der Waals surface area contributed by atoms with Crippen LogP contribution in [0.3, 0.4) is 0 Å². The molecule has 4 nitrogen and oxygen atoms in total. The number of rotatable bonds is 5. The Hall–Kier alpha value is -1.16. The van der Waals surface area contributed by atoms with Crippen molar-refractivity contribution in [3.8, 4) is 0 Å². The summed E-state index contributed by atoms with van der Waals surface area (Å²) in [6.07, 6.45) is 2.52. The largest absolute Gasteiger partial charge is 0.373 e. The van der Waals surface area contributed by atoms with Crippen molar-refractivity contribution in [3.63, 3.8) is 0 Å². The van der Waals surface area contributed by atoms with Gasteiger partial charge in [0.25, 0.3) is 0 Å². The lowest BCUT2D eigenvalue weighted by molar-refractivity contribution is 0.0772. The van der Waals surface area contributed by atoms with E-state index in [0.717, 1.165) is 23.9 Å². The predicted molar refractivity (Wildman–Crippen MR) is 63.4 cm³/mol. The number of nitrogens with one attached hydrogen (secondary N) is 1. The first-order valence-corrected chi connectivity index (χ1v) is 5.86. The van der Waals surface area contributed by atoms with Gasteiger partial charge in [-0.1, -0.05) is 0 Å². The second-order valence-corrected chi connectivity index (χ2v) is 4.28. The van der Waals surface area contributed by atoms with Gasteiger partial charge >= 0.3 is 0 Å². The van der Waals surface area contributed by atoms with Crippen LogP contribution in [0.4, 0.5) is 5.82 Å². The zero-order valence-corrected chi connectivity index (χ0v) is 10.2. The molecule has 0 radical (unpaired) electrons. The zero-order chi connectivity index (χ0) is 11.5. The average Bonchev–Trinajstić information content (AvgIpc) is 3.03. The first kappa shape index (κ1) is 11.3. The second kappa shape index (κ2) is 4.78. The monoisotopic (exact) mass is 221 g/mol. The minimum atomic E-state index is 0.0670. The highest BCUT2D eigenvalue weighted by atomic mass is 16.5. The number of ether oxygens (including phenoxy) is 1. The molecule has 0 aliphatic heterocycles. The van der Waals surface area contributed by atoms with Crippen LogP contribution in [-0.4, -0.2) is 23.6 Å².